The largest absolute Gasteiger partial charge is 0.480 e. The lowest BCUT2D eigenvalue weighted by atomic mass is 9.85. The summed E-state index contributed by atoms with van der Waals surface area (Å²) in [5, 5.41) is 37.1. The van der Waals surface area contributed by atoms with Crippen LogP contribution in [-0.2, 0) is 48.6 Å². The standard InChI is InChI=1S/2C11H16BNO5S.C8H8O2S.C3H7NO2/c2*1-12(16)13(9-11(14)15)7-8-19(17,18)10-5-3-2-4-6-10;1-2-11(9,10)8-6-4-3-5-7-8;1-6-3(5)2-4/h2*2-6,16H,7-9H2,1H3,(H,14,15);2-7H,1H2;2,4H2,1H3. The average molecular weight is 828 g/mol. The molecule has 0 spiro atoms. The number of aliphatic carboxylic acids is 2. The highest BCUT2D eigenvalue weighted by Crippen LogP contribution is 2.12. The molecular formula is C33H47B2N3O14S3. The first kappa shape index (κ1) is 50.6. The first-order chi connectivity index (χ1) is 25.6. The zero-order chi connectivity index (χ0) is 42.2. The van der Waals surface area contributed by atoms with E-state index in [0.717, 1.165) is 5.41 Å². The van der Waals surface area contributed by atoms with E-state index >= 15 is 0 Å². The summed E-state index contributed by atoms with van der Waals surface area (Å²) in [6.07, 6.45) is 0. The number of hydrogen-bond acceptors (Lipinski definition) is 15. The fourth-order valence-corrected chi connectivity index (χ4v) is 7.19. The first-order valence-corrected chi connectivity index (χ1v) is 21.0. The summed E-state index contributed by atoms with van der Waals surface area (Å²) in [5.74, 6) is -3.09. The van der Waals surface area contributed by atoms with Crippen LogP contribution in [0.3, 0.4) is 0 Å². The number of benzene rings is 3. The maximum Gasteiger partial charge on any atom is 0.376 e. The molecule has 0 aliphatic heterocycles. The van der Waals surface area contributed by atoms with E-state index in [2.05, 4.69) is 11.3 Å². The van der Waals surface area contributed by atoms with Crippen LogP contribution >= 0.6 is 0 Å². The summed E-state index contributed by atoms with van der Waals surface area (Å²) in [4.78, 5) is 34.1. The molecule has 17 nitrogen and oxygen atoms in total. The van der Waals surface area contributed by atoms with E-state index in [1.807, 2.05) is 0 Å². The fourth-order valence-electron chi connectivity index (χ4n) is 3.90. The third kappa shape index (κ3) is 21.3. The van der Waals surface area contributed by atoms with Gasteiger partial charge in [-0.05, 0) is 50.0 Å². The van der Waals surface area contributed by atoms with Crippen LogP contribution < -0.4 is 5.73 Å². The van der Waals surface area contributed by atoms with Crippen molar-refractivity contribution in [1.29, 1.82) is 0 Å². The summed E-state index contributed by atoms with van der Waals surface area (Å²) in [6, 6.07) is 24.1. The fraction of sp³-hybridized carbons (Fsp3) is 0.303. The second-order valence-electron chi connectivity index (χ2n) is 11.1. The Bertz CT molecular complexity index is 1840. The van der Waals surface area contributed by atoms with E-state index in [1.165, 1.54) is 66.8 Å². The molecule has 55 heavy (non-hydrogen) atoms. The van der Waals surface area contributed by atoms with Crippen LogP contribution in [0, 0.1) is 0 Å². The lowest BCUT2D eigenvalue weighted by Gasteiger charge is -2.20. The number of esters is 1. The molecule has 0 amide bonds. The third-order valence-corrected chi connectivity index (χ3v) is 11.7. The van der Waals surface area contributed by atoms with E-state index in [1.54, 1.807) is 54.6 Å². The monoisotopic (exact) mass is 827 g/mol. The highest BCUT2D eigenvalue weighted by Gasteiger charge is 2.24. The van der Waals surface area contributed by atoms with Gasteiger partial charge in [-0.2, -0.15) is 0 Å². The maximum absolute atomic E-state index is 12.0. The van der Waals surface area contributed by atoms with Gasteiger partial charge >= 0.3 is 32.0 Å². The highest BCUT2D eigenvalue weighted by atomic mass is 32.2. The minimum Gasteiger partial charge on any atom is -0.480 e. The second kappa shape index (κ2) is 25.6. The molecule has 22 heteroatoms. The minimum atomic E-state index is -3.47. The van der Waals surface area contributed by atoms with Gasteiger partial charge in [0.1, 0.15) is 0 Å². The Kier molecular flexibility index (Phi) is 23.6. The van der Waals surface area contributed by atoms with Gasteiger partial charge < -0.3 is 40.4 Å². The van der Waals surface area contributed by atoms with Gasteiger partial charge in [-0.15, -0.1) is 0 Å². The van der Waals surface area contributed by atoms with Crippen molar-refractivity contribution in [3.63, 3.8) is 0 Å². The molecule has 3 aromatic carbocycles. The molecule has 0 aliphatic rings. The Labute approximate surface area is 323 Å². The SMILES string of the molecule is C=CS(=O)(=O)c1ccccc1.CB(O)N(CCS(=O)(=O)c1ccccc1)CC(=O)O.CB(O)N(CCS(=O)(=O)c1ccccc1)CC(=O)O.COC(=O)CN. The molecule has 0 bridgehead atoms. The topological polar surface area (TPSA) is 276 Å². The van der Waals surface area contributed by atoms with Crippen molar-refractivity contribution in [3.8, 4) is 0 Å². The van der Waals surface area contributed by atoms with Crippen molar-refractivity contribution in [1.82, 2.24) is 9.62 Å². The molecule has 0 radical (unpaired) electrons. The van der Waals surface area contributed by atoms with Gasteiger partial charge in [0.25, 0.3) is 0 Å². The summed E-state index contributed by atoms with van der Waals surface area (Å²) in [5.41, 5.74) is 4.81. The molecule has 0 aliphatic carbocycles. The van der Waals surface area contributed by atoms with Gasteiger partial charge in [0, 0.05) is 18.5 Å². The summed E-state index contributed by atoms with van der Waals surface area (Å²) in [6.45, 7) is 5.11. The van der Waals surface area contributed by atoms with Gasteiger partial charge in [0.05, 0.1) is 52.9 Å². The average Bonchev–Trinajstić information content (AvgIpc) is 3.16. The van der Waals surface area contributed by atoms with Crippen LogP contribution in [0.25, 0.3) is 0 Å². The van der Waals surface area contributed by atoms with Crippen molar-refractivity contribution in [2.24, 2.45) is 5.73 Å². The number of carboxylic acids is 2. The van der Waals surface area contributed by atoms with Crippen LogP contribution in [-0.4, -0.2) is 138 Å². The highest BCUT2D eigenvalue weighted by molar-refractivity contribution is 7.94. The van der Waals surface area contributed by atoms with E-state index in [9.17, 15) is 49.7 Å². The molecule has 0 saturated heterocycles. The van der Waals surface area contributed by atoms with E-state index in [0.29, 0.717) is 0 Å². The number of hydrogen-bond donors (Lipinski definition) is 5. The molecular weight excluding hydrogens is 780 g/mol. The number of carbonyl (C=O) groups excluding carboxylic acids is 1. The van der Waals surface area contributed by atoms with Crippen molar-refractivity contribution >= 4 is 61.5 Å². The lowest BCUT2D eigenvalue weighted by Crippen LogP contribution is -2.43. The van der Waals surface area contributed by atoms with Crippen molar-refractivity contribution in [2.45, 2.75) is 28.3 Å². The molecule has 0 aromatic heterocycles. The van der Waals surface area contributed by atoms with Gasteiger partial charge in [-0.25, -0.2) is 25.3 Å². The number of ether oxygens (including phenoxy) is 1. The predicted molar refractivity (Wildman–Crippen MR) is 208 cm³/mol. The Morgan fingerprint density at radius 1 is 0.673 bits per heavy atom. The molecule has 302 valence electrons. The van der Waals surface area contributed by atoms with E-state index in [4.69, 9.17) is 15.9 Å². The molecule has 6 N–H and O–H groups in total. The van der Waals surface area contributed by atoms with Crippen LogP contribution in [0.4, 0.5) is 0 Å². The normalized spacial score (nSPS) is 11.0. The zero-order valence-electron chi connectivity index (χ0n) is 30.6. The molecule has 0 unspecified atom stereocenters. The minimum absolute atomic E-state index is 0.0312. The number of nitrogens with zero attached hydrogens (tertiary/aromatic N) is 2. The van der Waals surface area contributed by atoms with Crippen molar-refractivity contribution in [2.75, 3.05) is 51.3 Å². The van der Waals surface area contributed by atoms with E-state index in [-0.39, 0.29) is 51.8 Å². The first-order valence-electron chi connectivity index (χ1n) is 16.2. The summed E-state index contributed by atoms with van der Waals surface area (Å²) < 4.78 is 74.3. The Balaban J connectivity index is 0.000000760. The zero-order valence-corrected chi connectivity index (χ0v) is 33.1. The molecule has 0 fully saturated rings. The quantitative estimate of drug-likeness (QED) is 0.0922. The number of nitrogens with two attached hydrogens (primary N) is 1. The third-order valence-electron chi connectivity index (χ3n) is 6.92. The molecule has 0 atom stereocenters. The molecule has 0 heterocycles. The molecule has 3 rings (SSSR count). The summed E-state index contributed by atoms with van der Waals surface area (Å²) >= 11 is 0. The van der Waals surface area contributed by atoms with Crippen LogP contribution in [0.15, 0.2) is 118 Å². The van der Waals surface area contributed by atoms with Gasteiger partial charge in [-0.1, -0.05) is 61.2 Å². The van der Waals surface area contributed by atoms with Crippen LogP contribution in [0.2, 0.25) is 13.6 Å². The number of rotatable bonds is 17. The van der Waals surface area contributed by atoms with Gasteiger partial charge in [0.2, 0.25) is 0 Å². The second-order valence-corrected chi connectivity index (χ2v) is 17.2. The number of carboxylic acid groups (broad SMARTS) is 2. The Morgan fingerprint density at radius 2 is 0.982 bits per heavy atom. The Morgan fingerprint density at radius 3 is 1.20 bits per heavy atom. The summed E-state index contributed by atoms with van der Waals surface area (Å²) in [7, 11) is -10.9. The van der Waals surface area contributed by atoms with Crippen LogP contribution in [0.1, 0.15) is 0 Å². The van der Waals surface area contributed by atoms with Crippen LogP contribution in [0.5, 0.6) is 0 Å². The van der Waals surface area contributed by atoms with Crippen molar-refractivity contribution in [3.05, 3.63) is 103 Å². The lowest BCUT2D eigenvalue weighted by molar-refractivity contribution is -0.139. The van der Waals surface area contributed by atoms with Crippen molar-refractivity contribution < 1.29 is 64.6 Å². The Hall–Kier alpha value is -4.41. The smallest absolute Gasteiger partial charge is 0.376 e. The number of methoxy groups -OCH3 is 1. The maximum atomic E-state index is 12.0. The molecule has 0 saturated carbocycles. The predicted octanol–water partition coefficient (Wildman–Crippen LogP) is 0.636. The van der Waals surface area contributed by atoms with Gasteiger partial charge in [-0.3, -0.25) is 14.4 Å². The van der Waals surface area contributed by atoms with E-state index < -0.39 is 68.6 Å². The van der Waals surface area contributed by atoms with Gasteiger partial charge in [0.15, 0.2) is 29.5 Å². The number of sulfone groups is 3. The number of carbonyl (C=O) groups is 3. The molecule has 3 aromatic rings.